The maximum Gasteiger partial charge on any atom is 0.333 e. The van der Waals surface area contributed by atoms with Gasteiger partial charge in [-0.1, -0.05) is 122 Å². The van der Waals surface area contributed by atoms with E-state index < -0.39 is 5.97 Å². The molecule has 4 heteroatoms. The Hall–Kier alpha value is -1.32. The highest BCUT2D eigenvalue weighted by Crippen LogP contribution is 2.34. The summed E-state index contributed by atoms with van der Waals surface area (Å²) in [6, 6.07) is 0. The van der Waals surface area contributed by atoms with Crippen LogP contribution in [0.5, 0.6) is 0 Å². The molecule has 0 saturated heterocycles. The maximum absolute atomic E-state index is 12.0. The van der Waals surface area contributed by atoms with Gasteiger partial charge in [0.2, 0.25) is 0 Å². The molecule has 2 rings (SSSR count). The van der Waals surface area contributed by atoms with Gasteiger partial charge in [0.05, 0.1) is 19.6 Å². The molecule has 2 fully saturated rings. The predicted octanol–water partition coefficient (Wildman–Crippen LogP) is 8.08. The number of unbranched alkanes of at least 4 members (excludes halogenated alkanes) is 12. The first-order valence-corrected chi connectivity index (χ1v) is 14.2. The van der Waals surface area contributed by atoms with Gasteiger partial charge in [-0.3, -0.25) is 4.79 Å². The molecule has 33 heavy (non-hydrogen) atoms. The lowest BCUT2D eigenvalue weighted by Gasteiger charge is -2.08. The fourth-order valence-corrected chi connectivity index (χ4v) is 4.40. The third-order valence-electron chi connectivity index (χ3n) is 7.05. The summed E-state index contributed by atoms with van der Waals surface area (Å²) in [7, 11) is 0. The first-order valence-electron chi connectivity index (χ1n) is 14.2. The van der Waals surface area contributed by atoms with E-state index in [-0.39, 0.29) is 18.0 Å². The molecule has 0 aliphatic heterocycles. The lowest BCUT2D eigenvalue weighted by molar-refractivity contribution is -0.146. The number of esters is 2. The molecule has 2 aliphatic rings. The van der Waals surface area contributed by atoms with E-state index in [0.29, 0.717) is 13.2 Å². The average molecular weight is 463 g/mol. The van der Waals surface area contributed by atoms with Crippen molar-refractivity contribution in [3.63, 3.8) is 0 Å². The molecule has 0 spiro atoms. The zero-order valence-corrected chi connectivity index (χ0v) is 21.3. The molecule has 0 bridgehead atoms. The molecule has 0 unspecified atom stereocenters. The van der Waals surface area contributed by atoms with E-state index in [4.69, 9.17) is 9.47 Å². The molecule has 0 radical (unpaired) electrons. The summed E-state index contributed by atoms with van der Waals surface area (Å²) in [4.78, 5) is 23.9. The second-order valence-corrected chi connectivity index (χ2v) is 10.6. The van der Waals surface area contributed by atoms with Gasteiger partial charge in [-0.15, -0.1) is 0 Å². The van der Waals surface area contributed by atoms with Crippen LogP contribution >= 0.6 is 0 Å². The molecule has 190 valence electrons. The summed E-state index contributed by atoms with van der Waals surface area (Å²) < 4.78 is 10.5. The van der Waals surface area contributed by atoms with Gasteiger partial charge in [-0.05, 0) is 24.7 Å². The second-order valence-electron chi connectivity index (χ2n) is 10.6. The van der Waals surface area contributed by atoms with Gasteiger partial charge in [-0.25, -0.2) is 4.79 Å². The second kappa shape index (κ2) is 18.1. The van der Waals surface area contributed by atoms with Crippen LogP contribution in [0.3, 0.4) is 0 Å². The van der Waals surface area contributed by atoms with Gasteiger partial charge in [-0.2, -0.15) is 0 Å². The van der Waals surface area contributed by atoms with Crippen LogP contribution in [0.1, 0.15) is 135 Å². The van der Waals surface area contributed by atoms with Crippen LogP contribution < -0.4 is 0 Å². The van der Waals surface area contributed by atoms with Crippen LogP contribution in [0.15, 0.2) is 12.2 Å². The van der Waals surface area contributed by atoms with Crippen molar-refractivity contribution in [1.82, 2.24) is 0 Å². The van der Waals surface area contributed by atoms with Gasteiger partial charge < -0.3 is 9.47 Å². The van der Waals surface area contributed by atoms with Crippen LogP contribution in [-0.2, 0) is 19.1 Å². The molecule has 0 atom stereocenters. The van der Waals surface area contributed by atoms with E-state index in [0.717, 1.165) is 37.5 Å². The molecule has 0 amide bonds. The molecule has 2 aliphatic carbocycles. The Bertz CT molecular complexity index is 548. The number of rotatable bonds is 23. The molecule has 0 aromatic heterocycles. The van der Waals surface area contributed by atoms with Gasteiger partial charge >= 0.3 is 11.9 Å². The highest BCUT2D eigenvalue weighted by molar-refractivity contribution is 5.93. The summed E-state index contributed by atoms with van der Waals surface area (Å²) in [6.45, 7) is 4.55. The predicted molar refractivity (Wildman–Crippen MR) is 135 cm³/mol. The highest BCUT2D eigenvalue weighted by Gasteiger charge is 2.20. The molecule has 0 N–H and O–H groups in total. The normalized spacial score (nSPS) is 15.4. The Kier molecular flexibility index (Phi) is 15.3. The van der Waals surface area contributed by atoms with Crippen molar-refractivity contribution in [3.05, 3.63) is 12.2 Å². The van der Waals surface area contributed by atoms with Crippen molar-refractivity contribution in [2.75, 3.05) is 13.2 Å². The quantitative estimate of drug-likeness (QED) is 0.0874. The number of hydrogen-bond acceptors (Lipinski definition) is 4. The Labute approximate surface area is 203 Å². The van der Waals surface area contributed by atoms with E-state index >= 15 is 0 Å². The number of hydrogen-bond donors (Lipinski definition) is 0. The number of ether oxygens (including phenoxy) is 2. The first-order chi connectivity index (χ1) is 16.1. The van der Waals surface area contributed by atoms with Crippen LogP contribution in [0.2, 0.25) is 0 Å². The summed E-state index contributed by atoms with van der Waals surface area (Å²) in [5.74, 6) is 1.28. The van der Waals surface area contributed by atoms with Crippen LogP contribution in [0.25, 0.3) is 0 Å². The lowest BCUT2D eigenvalue weighted by atomic mass is 10.1. The minimum absolute atomic E-state index is 0.0688. The van der Waals surface area contributed by atoms with Crippen molar-refractivity contribution in [1.29, 1.82) is 0 Å². The third kappa shape index (κ3) is 16.9. The summed E-state index contributed by atoms with van der Waals surface area (Å²) in [5, 5.41) is 0. The van der Waals surface area contributed by atoms with Crippen LogP contribution in [-0.4, -0.2) is 25.2 Å². The van der Waals surface area contributed by atoms with Crippen molar-refractivity contribution in [3.8, 4) is 0 Å². The Morgan fingerprint density at radius 2 is 0.970 bits per heavy atom. The van der Waals surface area contributed by atoms with E-state index in [1.165, 1.54) is 103 Å². The fourth-order valence-electron chi connectivity index (χ4n) is 4.40. The molecular formula is C29H50O4. The average Bonchev–Trinajstić information content (AvgIpc) is 3.71. The van der Waals surface area contributed by atoms with Crippen molar-refractivity contribution in [2.24, 2.45) is 11.8 Å². The Balaban J connectivity index is 1.29. The monoisotopic (exact) mass is 462 g/mol. The van der Waals surface area contributed by atoms with Gasteiger partial charge in [0, 0.05) is 5.57 Å². The van der Waals surface area contributed by atoms with E-state index in [2.05, 4.69) is 6.58 Å². The largest absolute Gasteiger partial charge is 0.465 e. The highest BCUT2D eigenvalue weighted by atomic mass is 16.5. The first kappa shape index (κ1) is 27.9. The van der Waals surface area contributed by atoms with E-state index in [1.54, 1.807) is 0 Å². The molecule has 0 aromatic carbocycles. The number of carbonyl (C=O) groups excluding carboxylic acids is 2. The van der Waals surface area contributed by atoms with Crippen molar-refractivity contribution in [2.45, 2.75) is 135 Å². The maximum atomic E-state index is 12.0. The lowest BCUT2D eigenvalue weighted by Crippen LogP contribution is -2.14. The molecule has 0 heterocycles. The molecule has 4 nitrogen and oxygen atoms in total. The van der Waals surface area contributed by atoms with Crippen molar-refractivity contribution >= 4 is 11.9 Å². The molecule has 0 aromatic rings. The van der Waals surface area contributed by atoms with Crippen LogP contribution in [0, 0.1) is 11.8 Å². The topological polar surface area (TPSA) is 52.6 Å². The zero-order chi connectivity index (χ0) is 23.6. The molecule has 2 saturated carbocycles. The van der Waals surface area contributed by atoms with Gasteiger partial charge in [0.15, 0.2) is 0 Å². The van der Waals surface area contributed by atoms with E-state index in [9.17, 15) is 9.59 Å². The SMILES string of the molecule is C=C(CC(=O)OCCCCCCCCCC1CC1)C(=O)OCCCCCCCCCC1CC1. The van der Waals surface area contributed by atoms with Gasteiger partial charge in [0.1, 0.15) is 0 Å². The zero-order valence-electron chi connectivity index (χ0n) is 21.3. The number of carbonyl (C=O) groups is 2. The molecular weight excluding hydrogens is 412 g/mol. The minimum Gasteiger partial charge on any atom is -0.465 e. The smallest absolute Gasteiger partial charge is 0.333 e. The third-order valence-corrected chi connectivity index (χ3v) is 7.05. The van der Waals surface area contributed by atoms with Crippen molar-refractivity contribution < 1.29 is 19.1 Å². The Morgan fingerprint density at radius 1 is 0.576 bits per heavy atom. The summed E-state index contributed by atoms with van der Waals surface area (Å²) >= 11 is 0. The summed E-state index contributed by atoms with van der Waals surface area (Å²) in [6.07, 6.45) is 25.8. The fraction of sp³-hybridized carbons (Fsp3) is 0.862. The van der Waals surface area contributed by atoms with Gasteiger partial charge in [0.25, 0.3) is 0 Å². The van der Waals surface area contributed by atoms with E-state index in [1.807, 2.05) is 0 Å². The minimum atomic E-state index is -0.464. The summed E-state index contributed by atoms with van der Waals surface area (Å²) in [5.41, 5.74) is 0.196. The Morgan fingerprint density at radius 3 is 1.42 bits per heavy atom. The standard InChI is InChI=1S/C29H50O4/c1-25(29(31)33-23-15-11-7-3-5-9-13-17-27-20-21-27)24-28(30)32-22-14-10-6-2-4-8-12-16-26-18-19-26/h26-27H,1-24H2. The van der Waals surface area contributed by atoms with Crippen LogP contribution in [0.4, 0.5) is 0 Å².